The number of methoxy groups -OCH3 is 1. The first-order valence-electron chi connectivity index (χ1n) is 6.56. The Morgan fingerprint density at radius 3 is 2.33 bits per heavy atom. The number of likely N-dealkylation sites (tertiary alicyclic amines) is 1. The Hall–Kier alpha value is -1.10. The van der Waals surface area contributed by atoms with Crippen LogP contribution in [0.2, 0.25) is 0 Å². The molecule has 0 saturated carbocycles. The monoisotopic (exact) mass is 256 g/mol. The minimum absolute atomic E-state index is 0.206. The molecule has 0 bridgehead atoms. The van der Waals surface area contributed by atoms with Gasteiger partial charge in [0, 0.05) is 25.6 Å². The van der Waals surface area contributed by atoms with Crippen LogP contribution in [0.4, 0.5) is 0 Å². The highest BCUT2D eigenvalue weighted by Crippen LogP contribution is 2.22. The normalized spacial score (nSPS) is 26.4. The van der Waals surface area contributed by atoms with Crippen LogP contribution in [-0.2, 0) is 14.3 Å². The van der Waals surface area contributed by atoms with Crippen molar-refractivity contribution in [1.82, 2.24) is 10.2 Å². The van der Waals surface area contributed by atoms with E-state index in [0.29, 0.717) is 18.6 Å². The van der Waals surface area contributed by atoms with E-state index in [1.54, 1.807) is 0 Å². The summed E-state index contributed by atoms with van der Waals surface area (Å²) in [4.78, 5) is 25.1. The second-order valence-corrected chi connectivity index (χ2v) is 5.10. The molecule has 1 aliphatic rings. The van der Waals surface area contributed by atoms with Crippen LogP contribution in [-0.4, -0.2) is 48.6 Å². The van der Waals surface area contributed by atoms with Gasteiger partial charge in [0.05, 0.1) is 7.11 Å². The highest BCUT2D eigenvalue weighted by molar-refractivity contribution is 5.83. The molecule has 1 N–H and O–H groups in total. The Labute approximate surface area is 109 Å². The van der Waals surface area contributed by atoms with E-state index in [0.717, 1.165) is 12.8 Å². The fraction of sp³-hybridized carbons (Fsp3) is 0.846. The molecule has 1 heterocycles. The number of hydrogen-bond donors (Lipinski definition) is 1. The standard InChI is InChI=1S/C13H24N2O3/c1-9-6-5-7-10(2)15(9)8-12(13(17)18-4)14-11(3)16/h9-10,12H,5-8H2,1-4H3,(H,14,16)/t9-,10+,12?. The number of hydrogen-bond acceptors (Lipinski definition) is 4. The van der Waals surface area contributed by atoms with Gasteiger partial charge in [-0.1, -0.05) is 6.42 Å². The van der Waals surface area contributed by atoms with Crippen LogP contribution in [0.15, 0.2) is 0 Å². The second kappa shape index (κ2) is 6.73. The molecule has 1 fully saturated rings. The summed E-state index contributed by atoms with van der Waals surface area (Å²) in [5.74, 6) is -0.585. The van der Waals surface area contributed by atoms with E-state index < -0.39 is 6.04 Å². The number of piperidine rings is 1. The zero-order valence-corrected chi connectivity index (χ0v) is 11.7. The van der Waals surface area contributed by atoms with Crippen molar-refractivity contribution in [3.05, 3.63) is 0 Å². The van der Waals surface area contributed by atoms with Gasteiger partial charge in [-0.25, -0.2) is 4.79 Å². The third-order valence-corrected chi connectivity index (χ3v) is 3.63. The summed E-state index contributed by atoms with van der Waals surface area (Å²) in [7, 11) is 1.35. The number of nitrogens with zero attached hydrogens (tertiary/aromatic N) is 1. The Morgan fingerprint density at radius 1 is 1.33 bits per heavy atom. The molecule has 5 nitrogen and oxygen atoms in total. The number of amides is 1. The van der Waals surface area contributed by atoms with Crippen molar-refractivity contribution in [3.8, 4) is 0 Å². The van der Waals surface area contributed by atoms with Crippen LogP contribution in [0.25, 0.3) is 0 Å². The van der Waals surface area contributed by atoms with Crippen molar-refractivity contribution in [1.29, 1.82) is 0 Å². The molecule has 0 aliphatic carbocycles. The zero-order valence-electron chi connectivity index (χ0n) is 11.7. The summed E-state index contributed by atoms with van der Waals surface area (Å²) in [6.45, 7) is 6.27. The third-order valence-electron chi connectivity index (χ3n) is 3.63. The lowest BCUT2D eigenvalue weighted by atomic mass is 9.97. The van der Waals surface area contributed by atoms with Gasteiger partial charge in [-0.2, -0.15) is 0 Å². The van der Waals surface area contributed by atoms with E-state index in [-0.39, 0.29) is 11.9 Å². The van der Waals surface area contributed by atoms with E-state index in [9.17, 15) is 9.59 Å². The second-order valence-electron chi connectivity index (χ2n) is 5.10. The van der Waals surface area contributed by atoms with Crippen LogP contribution >= 0.6 is 0 Å². The average Bonchev–Trinajstić information content (AvgIpc) is 2.31. The Balaban J connectivity index is 2.68. The maximum absolute atomic E-state index is 11.7. The summed E-state index contributed by atoms with van der Waals surface area (Å²) in [5, 5.41) is 2.66. The van der Waals surface area contributed by atoms with Gasteiger partial charge in [0.1, 0.15) is 6.04 Å². The van der Waals surface area contributed by atoms with Crippen molar-refractivity contribution in [2.75, 3.05) is 13.7 Å². The molecule has 1 saturated heterocycles. The first kappa shape index (κ1) is 15.0. The van der Waals surface area contributed by atoms with Gasteiger partial charge in [-0.15, -0.1) is 0 Å². The summed E-state index contributed by atoms with van der Waals surface area (Å²) >= 11 is 0. The molecule has 0 spiro atoms. The van der Waals surface area contributed by atoms with Gasteiger partial charge in [-0.05, 0) is 26.7 Å². The first-order chi connectivity index (χ1) is 8.45. The van der Waals surface area contributed by atoms with Gasteiger partial charge >= 0.3 is 5.97 Å². The molecule has 1 unspecified atom stereocenters. The number of rotatable bonds is 4. The minimum Gasteiger partial charge on any atom is -0.467 e. The van der Waals surface area contributed by atoms with Crippen LogP contribution in [0, 0.1) is 0 Å². The molecule has 104 valence electrons. The van der Waals surface area contributed by atoms with Gasteiger partial charge in [0.25, 0.3) is 0 Å². The van der Waals surface area contributed by atoms with Gasteiger partial charge in [-0.3, -0.25) is 9.69 Å². The van der Waals surface area contributed by atoms with E-state index in [2.05, 4.69) is 24.1 Å². The predicted octanol–water partition coefficient (Wildman–Crippen LogP) is 0.927. The van der Waals surface area contributed by atoms with Crippen molar-refractivity contribution in [3.63, 3.8) is 0 Å². The smallest absolute Gasteiger partial charge is 0.329 e. The molecule has 0 radical (unpaired) electrons. The number of nitrogens with one attached hydrogen (secondary N) is 1. The van der Waals surface area contributed by atoms with Crippen molar-refractivity contribution >= 4 is 11.9 Å². The zero-order chi connectivity index (χ0) is 13.7. The Bertz CT molecular complexity index is 297. The Morgan fingerprint density at radius 2 is 1.89 bits per heavy atom. The number of esters is 1. The fourth-order valence-corrected chi connectivity index (χ4v) is 2.61. The maximum Gasteiger partial charge on any atom is 0.329 e. The SMILES string of the molecule is COC(=O)C(CN1[C@H](C)CCC[C@@H]1C)NC(C)=O. The number of carbonyl (C=O) groups is 2. The highest BCUT2D eigenvalue weighted by Gasteiger charge is 2.30. The van der Waals surface area contributed by atoms with Crippen LogP contribution in [0.3, 0.4) is 0 Å². The van der Waals surface area contributed by atoms with Crippen LogP contribution < -0.4 is 5.32 Å². The summed E-state index contributed by atoms with van der Waals surface area (Å²) in [6, 6.07) is 0.305. The lowest BCUT2D eigenvalue weighted by Crippen LogP contribution is -2.54. The lowest BCUT2D eigenvalue weighted by Gasteiger charge is -2.40. The molecular weight excluding hydrogens is 232 g/mol. The fourth-order valence-electron chi connectivity index (χ4n) is 2.61. The summed E-state index contributed by atoms with van der Waals surface area (Å²) in [6.07, 6.45) is 3.50. The molecule has 0 aromatic rings. The molecule has 5 heteroatoms. The quantitative estimate of drug-likeness (QED) is 0.760. The largest absolute Gasteiger partial charge is 0.467 e. The average molecular weight is 256 g/mol. The van der Waals surface area contributed by atoms with Gasteiger partial charge in [0.15, 0.2) is 0 Å². The van der Waals surface area contributed by atoms with E-state index >= 15 is 0 Å². The molecule has 0 aromatic carbocycles. The number of carbonyl (C=O) groups excluding carboxylic acids is 2. The van der Waals surface area contributed by atoms with Crippen LogP contribution in [0.5, 0.6) is 0 Å². The van der Waals surface area contributed by atoms with Gasteiger partial charge < -0.3 is 10.1 Å². The predicted molar refractivity (Wildman–Crippen MR) is 69.1 cm³/mol. The Kier molecular flexibility index (Phi) is 5.59. The highest BCUT2D eigenvalue weighted by atomic mass is 16.5. The summed E-state index contributed by atoms with van der Waals surface area (Å²) < 4.78 is 4.74. The van der Waals surface area contributed by atoms with Crippen molar-refractivity contribution < 1.29 is 14.3 Å². The third kappa shape index (κ3) is 3.98. The number of ether oxygens (including phenoxy) is 1. The molecule has 0 aromatic heterocycles. The topological polar surface area (TPSA) is 58.6 Å². The molecule has 1 aliphatic heterocycles. The molecule has 18 heavy (non-hydrogen) atoms. The maximum atomic E-state index is 11.7. The minimum atomic E-state index is -0.574. The van der Waals surface area contributed by atoms with E-state index in [4.69, 9.17) is 4.74 Å². The van der Waals surface area contributed by atoms with E-state index in [1.165, 1.54) is 20.5 Å². The molecule has 3 atom stereocenters. The molecule has 1 rings (SSSR count). The molecule has 1 amide bonds. The van der Waals surface area contributed by atoms with Crippen LogP contribution in [0.1, 0.15) is 40.0 Å². The molecular formula is C13H24N2O3. The lowest BCUT2D eigenvalue weighted by molar-refractivity contribution is -0.146. The summed E-state index contributed by atoms with van der Waals surface area (Å²) in [5.41, 5.74) is 0. The van der Waals surface area contributed by atoms with Crippen molar-refractivity contribution in [2.45, 2.75) is 58.2 Å². The van der Waals surface area contributed by atoms with Crippen molar-refractivity contribution in [2.24, 2.45) is 0 Å². The first-order valence-corrected chi connectivity index (χ1v) is 6.56. The van der Waals surface area contributed by atoms with E-state index in [1.807, 2.05) is 0 Å². The van der Waals surface area contributed by atoms with Gasteiger partial charge in [0.2, 0.25) is 5.91 Å².